The summed E-state index contributed by atoms with van der Waals surface area (Å²) in [6.45, 7) is 0.360. The summed E-state index contributed by atoms with van der Waals surface area (Å²) in [7, 11) is 0. The van der Waals surface area contributed by atoms with Crippen LogP contribution in [-0.2, 0) is 13.2 Å². The van der Waals surface area contributed by atoms with Crippen LogP contribution in [0.3, 0.4) is 0 Å². The first-order valence-corrected chi connectivity index (χ1v) is 8.09. The number of carbonyl (C=O) groups is 1. The number of anilines is 1. The molecular weight excluding hydrogens is 354 g/mol. The molecule has 3 aromatic rings. The average Bonchev–Trinajstić information content (AvgIpc) is 2.69. The average molecular weight is 370 g/mol. The summed E-state index contributed by atoms with van der Waals surface area (Å²) in [5.41, 5.74) is 1.60. The molecule has 2 N–H and O–H groups in total. The number of rotatable bonds is 6. The maximum atomic E-state index is 13.8. The van der Waals surface area contributed by atoms with Crippen LogP contribution in [0, 0.1) is 11.6 Å². The molecule has 2 amide bonds. The fourth-order valence-corrected chi connectivity index (χ4v) is 2.17. The van der Waals surface area contributed by atoms with E-state index in [4.69, 9.17) is 4.74 Å². The Balaban J connectivity index is 1.57. The number of amides is 2. The summed E-state index contributed by atoms with van der Waals surface area (Å²) in [4.78, 5) is 19.5. The van der Waals surface area contributed by atoms with Crippen LogP contribution in [0.2, 0.25) is 0 Å². The predicted molar refractivity (Wildman–Crippen MR) is 95.0 cm³/mol. The van der Waals surface area contributed by atoms with Crippen molar-refractivity contribution in [1.82, 2.24) is 15.3 Å². The maximum Gasteiger partial charge on any atom is 0.320 e. The van der Waals surface area contributed by atoms with Gasteiger partial charge in [0.25, 0.3) is 0 Å². The lowest BCUT2D eigenvalue weighted by atomic mass is 10.2. The summed E-state index contributed by atoms with van der Waals surface area (Å²) in [6, 6.07) is 14.3. The number of urea groups is 1. The van der Waals surface area contributed by atoms with Gasteiger partial charge in [0.2, 0.25) is 0 Å². The minimum absolute atomic E-state index is 0.0750. The molecule has 0 bridgehead atoms. The van der Waals surface area contributed by atoms with Gasteiger partial charge in [0.1, 0.15) is 12.4 Å². The van der Waals surface area contributed by atoms with E-state index in [2.05, 4.69) is 20.6 Å². The number of benzene rings is 2. The first kappa shape index (κ1) is 18.2. The molecule has 3 rings (SSSR count). The zero-order chi connectivity index (χ0) is 19.1. The number of halogens is 2. The lowest BCUT2D eigenvalue weighted by molar-refractivity contribution is 0.251. The molecule has 0 radical (unpaired) electrons. The van der Waals surface area contributed by atoms with Gasteiger partial charge in [-0.3, -0.25) is 5.32 Å². The molecular formula is C19H16F2N4O2. The Morgan fingerprint density at radius 1 is 1.00 bits per heavy atom. The molecule has 2 aromatic carbocycles. The first-order chi connectivity index (χ1) is 13.1. The first-order valence-electron chi connectivity index (χ1n) is 8.09. The molecule has 0 aliphatic heterocycles. The molecule has 1 aromatic heterocycles. The van der Waals surface area contributed by atoms with E-state index in [-0.39, 0.29) is 30.8 Å². The zero-order valence-electron chi connectivity index (χ0n) is 14.2. The SMILES string of the molecule is O=C(NCc1ccccc1)Nc1nc(OCc2ccc(F)cc2)ncc1F. The van der Waals surface area contributed by atoms with Gasteiger partial charge >= 0.3 is 12.0 Å². The van der Waals surface area contributed by atoms with E-state index >= 15 is 0 Å². The molecule has 0 saturated heterocycles. The minimum atomic E-state index is -0.793. The van der Waals surface area contributed by atoms with Crippen LogP contribution in [0.25, 0.3) is 0 Å². The van der Waals surface area contributed by atoms with Crippen molar-refractivity contribution < 1.29 is 18.3 Å². The number of hydrogen-bond donors (Lipinski definition) is 2. The lowest BCUT2D eigenvalue weighted by Crippen LogP contribution is -2.29. The van der Waals surface area contributed by atoms with Crippen LogP contribution in [0.1, 0.15) is 11.1 Å². The van der Waals surface area contributed by atoms with Gasteiger partial charge < -0.3 is 10.1 Å². The van der Waals surface area contributed by atoms with Crippen LogP contribution in [0.15, 0.2) is 60.8 Å². The molecule has 6 nitrogen and oxygen atoms in total. The number of aromatic nitrogens is 2. The van der Waals surface area contributed by atoms with Crippen molar-refractivity contribution >= 4 is 11.8 Å². The minimum Gasteiger partial charge on any atom is -0.459 e. The van der Waals surface area contributed by atoms with E-state index in [1.54, 1.807) is 12.1 Å². The van der Waals surface area contributed by atoms with Gasteiger partial charge in [0.05, 0.1) is 6.20 Å². The normalized spacial score (nSPS) is 10.3. The van der Waals surface area contributed by atoms with E-state index in [0.717, 1.165) is 11.8 Å². The van der Waals surface area contributed by atoms with Crippen LogP contribution in [0.5, 0.6) is 6.01 Å². The Kier molecular flexibility index (Phi) is 5.88. The molecule has 27 heavy (non-hydrogen) atoms. The van der Waals surface area contributed by atoms with Crippen LogP contribution in [0.4, 0.5) is 19.4 Å². The molecule has 0 aliphatic carbocycles. The van der Waals surface area contributed by atoms with Gasteiger partial charge in [-0.2, -0.15) is 4.98 Å². The monoisotopic (exact) mass is 370 g/mol. The summed E-state index contributed by atoms with van der Waals surface area (Å²) in [5, 5.41) is 4.92. The molecule has 0 atom stereocenters. The number of ether oxygens (including phenoxy) is 1. The zero-order valence-corrected chi connectivity index (χ0v) is 14.2. The number of nitrogens with zero attached hydrogens (tertiary/aromatic N) is 2. The molecule has 0 aliphatic rings. The van der Waals surface area contributed by atoms with Crippen molar-refractivity contribution in [2.45, 2.75) is 13.2 Å². The highest BCUT2D eigenvalue weighted by molar-refractivity contribution is 5.88. The Morgan fingerprint density at radius 2 is 1.74 bits per heavy atom. The quantitative estimate of drug-likeness (QED) is 0.694. The molecule has 0 saturated carbocycles. The lowest BCUT2D eigenvalue weighted by Gasteiger charge is -2.09. The van der Waals surface area contributed by atoms with Gasteiger partial charge in [0.15, 0.2) is 11.6 Å². The maximum absolute atomic E-state index is 13.8. The topological polar surface area (TPSA) is 76.1 Å². The number of hydrogen-bond acceptors (Lipinski definition) is 4. The van der Waals surface area contributed by atoms with Crippen molar-refractivity contribution in [3.05, 3.63) is 83.6 Å². The Bertz CT molecular complexity index is 905. The highest BCUT2D eigenvalue weighted by Gasteiger charge is 2.11. The van der Waals surface area contributed by atoms with Crippen molar-refractivity contribution in [2.24, 2.45) is 0 Å². The smallest absolute Gasteiger partial charge is 0.320 e. The number of carbonyl (C=O) groups excluding carboxylic acids is 1. The molecule has 138 valence electrons. The Labute approximate surface area is 154 Å². The van der Waals surface area contributed by atoms with Crippen LogP contribution in [-0.4, -0.2) is 16.0 Å². The van der Waals surface area contributed by atoms with Crippen LogP contribution < -0.4 is 15.4 Å². The van der Waals surface area contributed by atoms with Gasteiger partial charge in [-0.25, -0.2) is 18.6 Å². The largest absolute Gasteiger partial charge is 0.459 e. The summed E-state index contributed by atoms with van der Waals surface area (Å²) in [5.74, 6) is -1.45. The summed E-state index contributed by atoms with van der Waals surface area (Å²) >= 11 is 0. The van der Waals surface area contributed by atoms with E-state index in [9.17, 15) is 13.6 Å². The van der Waals surface area contributed by atoms with Gasteiger partial charge in [-0.15, -0.1) is 0 Å². The molecule has 0 spiro atoms. The molecule has 0 fully saturated rings. The highest BCUT2D eigenvalue weighted by Crippen LogP contribution is 2.14. The summed E-state index contributed by atoms with van der Waals surface area (Å²) < 4.78 is 32.1. The van der Waals surface area contributed by atoms with Gasteiger partial charge in [0, 0.05) is 6.54 Å². The van der Waals surface area contributed by atoms with E-state index in [1.807, 2.05) is 30.3 Å². The number of nitrogens with one attached hydrogen (secondary N) is 2. The van der Waals surface area contributed by atoms with Crippen LogP contribution >= 0.6 is 0 Å². The fraction of sp³-hybridized carbons (Fsp3) is 0.105. The van der Waals surface area contributed by atoms with E-state index in [0.29, 0.717) is 5.56 Å². The van der Waals surface area contributed by atoms with E-state index < -0.39 is 11.8 Å². The van der Waals surface area contributed by atoms with Crippen molar-refractivity contribution in [1.29, 1.82) is 0 Å². The second kappa shape index (κ2) is 8.70. The standard InChI is InChI=1S/C19H16F2N4O2/c20-15-8-6-14(7-9-15)12-27-19-23-11-16(21)17(25-19)24-18(26)22-10-13-4-2-1-3-5-13/h1-9,11H,10,12H2,(H2,22,23,24,25,26). The molecule has 1 heterocycles. The fourth-order valence-electron chi connectivity index (χ4n) is 2.17. The highest BCUT2D eigenvalue weighted by atomic mass is 19.1. The van der Waals surface area contributed by atoms with Crippen molar-refractivity contribution in [2.75, 3.05) is 5.32 Å². The van der Waals surface area contributed by atoms with Gasteiger partial charge in [-0.05, 0) is 23.3 Å². The molecule has 0 unspecified atom stereocenters. The van der Waals surface area contributed by atoms with Crippen molar-refractivity contribution in [3.8, 4) is 6.01 Å². The van der Waals surface area contributed by atoms with Gasteiger partial charge in [-0.1, -0.05) is 42.5 Å². The third-order valence-corrected chi connectivity index (χ3v) is 3.53. The van der Waals surface area contributed by atoms with Crippen molar-refractivity contribution in [3.63, 3.8) is 0 Å². The Morgan fingerprint density at radius 3 is 2.48 bits per heavy atom. The third kappa shape index (κ3) is 5.46. The third-order valence-electron chi connectivity index (χ3n) is 3.53. The second-order valence-electron chi connectivity index (χ2n) is 5.56. The summed E-state index contributed by atoms with van der Waals surface area (Å²) in [6.07, 6.45) is 0.903. The van der Waals surface area contributed by atoms with E-state index in [1.165, 1.54) is 12.1 Å². The Hall–Kier alpha value is -3.55. The predicted octanol–water partition coefficient (Wildman–Crippen LogP) is 3.66. The second-order valence-corrected chi connectivity index (χ2v) is 5.56. The molecule has 8 heteroatoms.